The Labute approximate surface area is 109 Å². The number of fused-ring (bicyclic) bond motifs is 1. The zero-order valence-corrected chi connectivity index (χ0v) is 11.7. The monoisotopic (exact) mass is 249 g/mol. The van der Waals surface area contributed by atoms with Crippen LogP contribution in [0.5, 0.6) is 0 Å². The van der Waals surface area contributed by atoms with Crippen molar-refractivity contribution in [3.8, 4) is 0 Å². The molecule has 4 heteroatoms. The van der Waals surface area contributed by atoms with E-state index in [0.717, 1.165) is 13.1 Å². The number of aromatic nitrogens is 1. The standard InChI is InChI=1S/C14H23N3O/c1-5-14(4,15)13(18)17-9-8-16-10(2)6-7-12(16)11(17)3/h6-7,11H,5,8-9,15H2,1-4H3. The molecule has 2 atom stereocenters. The first-order chi connectivity index (χ1) is 8.38. The number of hydrogen-bond acceptors (Lipinski definition) is 2. The molecule has 100 valence electrons. The normalized spacial score (nSPS) is 22.5. The molecule has 0 spiro atoms. The summed E-state index contributed by atoms with van der Waals surface area (Å²) in [7, 11) is 0. The highest BCUT2D eigenvalue weighted by Gasteiger charge is 2.36. The SMILES string of the molecule is CCC(C)(N)C(=O)N1CCn2c(C)ccc2C1C. The summed E-state index contributed by atoms with van der Waals surface area (Å²) in [6.45, 7) is 9.57. The van der Waals surface area contributed by atoms with E-state index in [4.69, 9.17) is 5.73 Å². The Bertz CT molecular complexity index is 462. The lowest BCUT2D eigenvalue weighted by Gasteiger charge is -2.39. The van der Waals surface area contributed by atoms with E-state index in [0.29, 0.717) is 6.42 Å². The highest BCUT2D eigenvalue weighted by molar-refractivity contribution is 5.86. The van der Waals surface area contributed by atoms with E-state index < -0.39 is 5.54 Å². The lowest BCUT2D eigenvalue weighted by molar-refractivity contribution is -0.139. The van der Waals surface area contributed by atoms with Gasteiger partial charge < -0.3 is 15.2 Å². The Morgan fingerprint density at radius 1 is 1.50 bits per heavy atom. The Hall–Kier alpha value is -1.29. The zero-order chi connectivity index (χ0) is 13.5. The summed E-state index contributed by atoms with van der Waals surface area (Å²) >= 11 is 0. The van der Waals surface area contributed by atoms with Crippen molar-refractivity contribution in [3.63, 3.8) is 0 Å². The minimum atomic E-state index is -0.752. The summed E-state index contributed by atoms with van der Waals surface area (Å²) in [5, 5.41) is 0. The number of carbonyl (C=O) groups excluding carboxylic acids is 1. The third kappa shape index (κ3) is 1.94. The van der Waals surface area contributed by atoms with Crippen LogP contribution in [0.4, 0.5) is 0 Å². The molecule has 2 unspecified atom stereocenters. The second-order valence-corrected chi connectivity index (χ2v) is 5.50. The van der Waals surface area contributed by atoms with Gasteiger partial charge in [-0.25, -0.2) is 0 Å². The average molecular weight is 249 g/mol. The van der Waals surface area contributed by atoms with Gasteiger partial charge in [-0.3, -0.25) is 4.79 Å². The van der Waals surface area contributed by atoms with Crippen LogP contribution in [0.1, 0.15) is 44.6 Å². The van der Waals surface area contributed by atoms with Crippen molar-refractivity contribution >= 4 is 5.91 Å². The third-order valence-corrected chi connectivity index (χ3v) is 4.18. The van der Waals surface area contributed by atoms with Crippen LogP contribution in [0.15, 0.2) is 12.1 Å². The maximum atomic E-state index is 12.5. The Kier molecular flexibility index (Phi) is 3.23. The van der Waals surface area contributed by atoms with Crippen LogP contribution in [0.2, 0.25) is 0 Å². The molecule has 1 aromatic heterocycles. The van der Waals surface area contributed by atoms with Crippen molar-refractivity contribution in [3.05, 3.63) is 23.5 Å². The van der Waals surface area contributed by atoms with Gasteiger partial charge in [0.1, 0.15) is 0 Å². The largest absolute Gasteiger partial charge is 0.345 e. The summed E-state index contributed by atoms with van der Waals surface area (Å²) in [5.41, 5.74) is 7.79. The topological polar surface area (TPSA) is 51.3 Å². The smallest absolute Gasteiger partial charge is 0.242 e. The number of amides is 1. The highest BCUT2D eigenvalue weighted by Crippen LogP contribution is 2.29. The van der Waals surface area contributed by atoms with E-state index in [1.165, 1.54) is 11.4 Å². The number of hydrogen-bond donors (Lipinski definition) is 1. The number of aryl methyl sites for hydroxylation is 1. The van der Waals surface area contributed by atoms with Crippen LogP contribution in [-0.2, 0) is 11.3 Å². The van der Waals surface area contributed by atoms with E-state index in [2.05, 4.69) is 30.5 Å². The minimum absolute atomic E-state index is 0.0580. The van der Waals surface area contributed by atoms with Crippen LogP contribution in [0.3, 0.4) is 0 Å². The molecule has 0 radical (unpaired) electrons. The number of rotatable bonds is 2. The summed E-state index contributed by atoms with van der Waals surface area (Å²) < 4.78 is 2.29. The Morgan fingerprint density at radius 3 is 2.78 bits per heavy atom. The molecule has 1 aliphatic heterocycles. The predicted octanol–water partition coefficient (Wildman–Crippen LogP) is 1.83. The van der Waals surface area contributed by atoms with Crippen molar-refractivity contribution in [2.75, 3.05) is 6.54 Å². The summed E-state index contributed by atoms with van der Waals surface area (Å²) in [4.78, 5) is 14.4. The molecule has 18 heavy (non-hydrogen) atoms. The Balaban J connectivity index is 2.27. The molecule has 0 aliphatic carbocycles. The molecular formula is C14H23N3O. The van der Waals surface area contributed by atoms with E-state index in [1.54, 1.807) is 0 Å². The van der Waals surface area contributed by atoms with Gasteiger partial charge in [-0.2, -0.15) is 0 Å². The second kappa shape index (κ2) is 4.43. The molecule has 1 amide bonds. The fourth-order valence-corrected chi connectivity index (χ4v) is 2.58. The van der Waals surface area contributed by atoms with Gasteiger partial charge in [0.15, 0.2) is 0 Å². The molecule has 2 N–H and O–H groups in total. The van der Waals surface area contributed by atoms with E-state index in [1.807, 2.05) is 18.7 Å². The Morgan fingerprint density at radius 2 is 2.17 bits per heavy atom. The first-order valence-corrected chi connectivity index (χ1v) is 6.64. The minimum Gasteiger partial charge on any atom is -0.345 e. The third-order valence-electron chi connectivity index (χ3n) is 4.18. The number of nitrogens with two attached hydrogens (primary N) is 1. The lowest BCUT2D eigenvalue weighted by Crippen LogP contribution is -2.55. The van der Waals surface area contributed by atoms with Gasteiger partial charge in [0, 0.05) is 24.5 Å². The van der Waals surface area contributed by atoms with Crippen molar-refractivity contribution in [1.29, 1.82) is 0 Å². The molecule has 0 saturated carbocycles. The summed E-state index contributed by atoms with van der Waals surface area (Å²) in [6, 6.07) is 4.33. The van der Waals surface area contributed by atoms with Crippen molar-refractivity contribution in [2.45, 2.75) is 52.2 Å². The van der Waals surface area contributed by atoms with Crippen molar-refractivity contribution in [1.82, 2.24) is 9.47 Å². The molecule has 0 bridgehead atoms. The van der Waals surface area contributed by atoms with E-state index in [9.17, 15) is 4.79 Å². The molecule has 0 fully saturated rings. The molecule has 0 aromatic carbocycles. The van der Waals surface area contributed by atoms with Gasteiger partial charge in [-0.1, -0.05) is 6.92 Å². The van der Waals surface area contributed by atoms with Gasteiger partial charge in [0.2, 0.25) is 5.91 Å². The van der Waals surface area contributed by atoms with Crippen molar-refractivity contribution < 1.29 is 4.79 Å². The fourth-order valence-electron chi connectivity index (χ4n) is 2.58. The van der Waals surface area contributed by atoms with Crippen LogP contribution < -0.4 is 5.73 Å². The molecule has 4 nitrogen and oxygen atoms in total. The van der Waals surface area contributed by atoms with Gasteiger partial charge >= 0.3 is 0 Å². The molecule has 1 aliphatic rings. The van der Waals surface area contributed by atoms with Gasteiger partial charge in [-0.05, 0) is 39.3 Å². The van der Waals surface area contributed by atoms with Gasteiger partial charge in [-0.15, -0.1) is 0 Å². The maximum Gasteiger partial charge on any atom is 0.242 e. The molecule has 0 saturated heterocycles. The van der Waals surface area contributed by atoms with Crippen molar-refractivity contribution in [2.24, 2.45) is 5.73 Å². The highest BCUT2D eigenvalue weighted by atomic mass is 16.2. The first kappa shape index (κ1) is 13.1. The second-order valence-electron chi connectivity index (χ2n) is 5.50. The maximum absolute atomic E-state index is 12.5. The molecule has 2 rings (SSSR count). The van der Waals surface area contributed by atoms with Gasteiger partial charge in [0.05, 0.1) is 11.6 Å². The summed E-state index contributed by atoms with van der Waals surface area (Å²) in [6.07, 6.45) is 0.662. The zero-order valence-electron chi connectivity index (χ0n) is 11.7. The van der Waals surface area contributed by atoms with Gasteiger partial charge in [0.25, 0.3) is 0 Å². The van der Waals surface area contributed by atoms with Crippen LogP contribution in [0.25, 0.3) is 0 Å². The fraction of sp³-hybridized carbons (Fsp3) is 0.643. The van der Waals surface area contributed by atoms with Crippen LogP contribution in [0, 0.1) is 6.92 Å². The predicted molar refractivity (Wildman–Crippen MR) is 72.2 cm³/mol. The molecular weight excluding hydrogens is 226 g/mol. The number of nitrogens with zero attached hydrogens (tertiary/aromatic N) is 2. The average Bonchev–Trinajstić information content (AvgIpc) is 2.72. The van der Waals surface area contributed by atoms with Crippen LogP contribution in [-0.4, -0.2) is 27.5 Å². The number of carbonyl (C=O) groups is 1. The van der Waals surface area contributed by atoms with E-state index >= 15 is 0 Å². The first-order valence-electron chi connectivity index (χ1n) is 6.64. The van der Waals surface area contributed by atoms with Crippen LogP contribution >= 0.6 is 0 Å². The lowest BCUT2D eigenvalue weighted by atomic mass is 9.96. The quantitative estimate of drug-likeness (QED) is 0.869. The summed E-state index contributed by atoms with van der Waals surface area (Å²) in [5.74, 6) is 0.0580. The molecule has 1 aromatic rings. The van der Waals surface area contributed by atoms with E-state index in [-0.39, 0.29) is 11.9 Å². The molecule has 2 heterocycles.